The van der Waals surface area contributed by atoms with Crippen molar-refractivity contribution in [2.45, 2.75) is 20.8 Å². The van der Waals surface area contributed by atoms with Crippen molar-refractivity contribution >= 4 is 0 Å². The van der Waals surface area contributed by atoms with E-state index < -0.39 is 0 Å². The first-order valence-electron chi connectivity index (χ1n) is 4.35. The van der Waals surface area contributed by atoms with E-state index >= 15 is 0 Å². The highest BCUT2D eigenvalue weighted by molar-refractivity contribution is 5.26. The van der Waals surface area contributed by atoms with Crippen molar-refractivity contribution in [2.75, 3.05) is 6.54 Å². The predicted octanol–water partition coefficient (Wildman–Crippen LogP) is 1.61. The summed E-state index contributed by atoms with van der Waals surface area (Å²) < 4.78 is 0. The zero-order valence-corrected chi connectivity index (χ0v) is 8.15. The van der Waals surface area contributed by atoms with Crippen LogP contribution in [-0.2, 0) is 0 Å². The van der Waals surface area contributed by atoms with E-state index in [0.717, 1.165) is 17.8 Å². The summed E-state index contributed by atoms with van der Waals surface area (Å²) in [6.07, 6.45) is 1.90. The van der Waals surface area contributed by atoms with Crippen LogP contribution in [0.4, 0.5) is 0 Å². The fourth-order valence-corrected chi connectivity index (χ4v) is 1.65. The first-order valence-corrected chi connectivity index (χ1v) is 4.35. The molecule has 68 valence electrons. The summed E-state index contributed by atoms with van der Waals surface area (Å²) in [5.74, 6) is 0.514. The molecule has 0 aromatic carbocycles. The van der Waals surface area contributed by atoms with Gasteiger partial charge in [0, 0.05) is 23.9 Å². The normalized spacial score (nSPS) is 35.2. The minimum absolute atomic E-state index is 0.0226. The molecule has 3 N–H and O–H groups in total. The van der Waals surface area contributed by atoms with Crippen LogP contribution in [0.2, 0.25) is 0 Å². The van der Waals surface area contributed by atoms with Gasteiger partial charge in [-0.05, 0) is 19.8 Å². The molecule has 0 aromatic rings. The van der Waals surface area contributed by atoms with E-state index in [4.69, 9.17) is 5.73 Å². The van der Waals surface area contributed by atoms with E-state index in [9.17, 15) is 0 Å². The smallest absolute Gasteiger partial charge is 0.0344 e. The Hall–Kier alpha value is -0.920. The number of hydrogen-bond donors (Lipinski definition) is 2. The lowest BCUT2D eigenvalue weighted by molar-refractivity contribution is 0.285. The van der Waals surface area contributed by atoms with Crippen molar-refractivity contribution < 1.29 is 0 Å². The second-order valence-corrected chi connectivity index (χ2v) is 3.89. The highest BCUT2D eigenvalue weighted by Crippen LogP contribution is 2.40. The first kappa shape index (κ1) is 9.17. The predicted molar refractivity (Wildman–Crippen MR) is 52.4 cm³/mol. The molecule has 0 saturated carbocycles. The molecule has 1 aliphatic heterocycles. The Morgan fingerprint density at radius 2 is 2.42 bits per heavy atom. The third-order valence-corrected chi connectivity index (χ3v) is 3.15. The van der Waals surface area contributed by atoms with Crippen LogP contribution in [0.15, 0.2) is 24.0 Å². The monoisotopic (exact) mass is 166 g/mol. The van der Waals surface area contributed by atoms with Crippen LogP contribution in [0.3, 0.4) is 0 Å². The Balaban J connectivity index is 3.05. The average molecular weight is 166 g/mol. The molecule has 12 heavy (non-hydrogen) atoms. The Bertz CT molecular complexity index is 230. The van der Waals surface area contributed by atoms with Gasteiger partial charge in [0.1, 0.15) is 0 Å². The van der Waals surface area contributed by atoms with Crippen LogP contribution in [0.25, 0.3) is 0 Å². The molecule has 0 radical (unpaired) electrons. The van der Waals surface area contributed by atoms with Crippen LogP contribution in [-0.4, -0.2) is 6.54 Å². The molecule has 2 atom stereocenters. The number of nitrogens with one attached hydrogen (secondary N) is 1. The van der Waals surface area contributed by atoms with Crippen LogP contribution < -0.4 is 11.1 Å². The summed E-state index contributed by atoms with van der Waals surface area (Å²) in [7, 11) is 0. The molecule has 0 unspecified atom stereocenters. The Morgan fingerprint density at radius 3 is 2.75 bits per heavy atom. The van der Waals surface area contributed by atoms with Gasteiger partial charge in [0.15, 0.2) is 0 Å². The maximum Gasteiger partial charge on any atom is 0.0344 e. The molecular weight excluding hydrogens is 148 g/mol. The molecule has 2 nitrogen and oxygen atoms in total. The molecular formula is C10H18N2. The highest BCUT2D eigenvalue weighted by Gasteiger charge is 2.36. The topological polar surface area (TPSA) is 38.0 Å². The molecule has 0 aromatic heterocycles. The molecule has 0 spiro atoms. The number of allylic oxidation sites excluding steroid dienone is 1. The number of nitrogens with two attached hydrogens (primary N) is 1. The Labute approximate surface area is 74.5 Å². The average Bonchev–Trinajstić information content (AvgIpc) is 1.99. The fraction of sp³-hybridized carbons (Fsp3) is 0.600. The van der Waals surface area contributed by atoms with Gasteiger partial charge in [-0.15, -0.1) is 0 Å². The molecule has 0 fully saturated rings. The number of rotatable bonds is 1. The highest BCUT2D eigenvalue weighted by atomic mass is 14.9. The molecule has 1 heterocycles. The van der Waals surface area contributed by atoms with E-state index in [1.807, 2.05) is 13.1 Å². The third kappa shape index (κ3) is 1.11. The summed E-state index contributed by atoms with van der Waals surface area (Å²) in [6, 6.07) is 0. The molecule has 0 amide bonds. The summed E-state index contributed by atoms with van der Waals surface area (Å²) in [5.41, 5.74) is 7.96. The van der Waals surface area contributed by atoms with E-state index in [1.165, 1.54) is 0 Å². The van der Waals surface area contributed by atoms with Gasteiger partial charge < -0.3 is 11.1 Å². The standard InChI is InChI=1S/C10H18N2/c1-7(2)10(4)8(3)5-12-6-9(10)11/h6,8,12H,1,5,11H2,2-4H3/t8-,10-/m0/s1. The van der Waals surface area contributed by atoms with Crippen molar-refractivity contribution in [2.24, 2.45) is 17.1 Å². The molecule has 1 rings (SSSR count). The van der Waals surface area contributed by atoms with Crippen LogP contribution >= 0.6 is 0 Å². The van der Waals surface area contributed by atoms with E-state index in [0.29, 0.717) is 5.92 Å². The lowest BCUT2D eigenvalue weighted by Gasteiger charge is -2.40. The fourth-order valence-electron chi connectivity index (χ4n) is 1.65. The maximum absolute atomic E-state index is 5.94. The quantitative estimate of drug-likeness (QED) is 0.581. The van der Waals surface area contributed by atoms with Gasteiger partial charge >= 0.3 is 0 Å². The second-order valence-electron chi connectivity index (χ2n) is 3.89. The van der Waals surface area contributed by atoms with Crippen molar-refractivity contribution in [3.63, 3.8) is 0 Å². The van der Waals surface area contributed by atoms with Gasteiger partial charge in [0.2, 0.25) is 0 Å². The van der Waals surface area contributed by atoms with Crippen LogP contribution in [0, 0.1) is 11.3 Å². The van der Waals surface area contributed by atoms with Crippen molar-refractivity contribution in [3.05, 3.63) is 24.0 Å². The summed E-state index contributed by atoms with van der Waals surface area (Å²) in [4.78, 5) is 0. The molecule has 0 aliphatic carbocycles. The van der Waals surface area contributed by atoms with Crippen LogP contribution in [0.5, 0.6) is 0 Å². The minimum Gasteiger partial charge on any atom is -0.400 e. The van der Waals surface area contributed by atoms with Gasteiger partial charge in [-0.25, -0.2) is 0 Å². The number of hydrogen-bond acceptors (Lipinski definition) is 2. The Kier molecular flexibility index (Phi) is 2.18. The summed E-state index contributed by atoms with van der Waals surface area (Å²) in [5, 5.41) is 3.17. The van der Waals surface area contributed by atoms with E-state index in [2.05, 4.69) is 25.7 Å². The van der Waals surface area contributed by atoms with Gasteiger partial charge in [0.05, 0.1) is 0 Å². The minimum atomic E-state index is -0.0226. The third-order valence-electron chi connectivity index (χ3n) is 3.15. The molecule has 1 aliphatic rings. The van der Waals surface area contributed by atoms with Crippen LogP contribution in [0.1, 0.15) is 20.8 Å². The maximum atomic E-state index is 5.94. The summed E-state index contributed by atoms with van der Waals surface area (Å²) >= 11 is 0. The lowest BCUT2D eigenvalue weighted by atomic mass is 9.70. The van der Waals surface area contributed by atoms with Crippen molar-refractivity contribution in [3.8, 4) is 0 Å². The van der Waals surface area contributed by atoms with Gasteiger partial charge in [-0.2, -0.15) is 0 Å². The van der Waals surface area contributed by atoms with Gasteiger partial charge in [-0.1, -0.05) is 19.1 Å². The molecule has 2 heteroatoms. The van der Waals surface area contributed by atoms with Gasteiger partial charge in [-0.3, -0.25) is 0 Å². The first-order chi connectivity index (χ1) is 5.49. The van der Waals surface area contributed by atoms with Gasteiger partial charge in [0.25, 0.3) is 0 Å². The van der Waals surface area contributed by atoms with Crippen molar-refractivity contribution in [1.82, 2.24) is 5.32 Å². The van der Waals surface area contributed by atoms with E-state index in [-0.39, 0.29) is 5.41 Å². The zero-order chi connectivity index (χ0) is 9.35. The molecule has 0 bridgehead atoms. The summed E-state index contributed by atoms with van der Waals surface area (Å²) in [6.45, 7) is 11.4. The largest absolute Gasteiger partial charge is 0.400 e. The molecule has 0 saturated heterocycles. The Morgan fingerprint density at radius 1 is 1.83 bits per heavy atom. The van der Waals surface area contributed by atoms with E-state index in [1.54, 1.807) is 0 Å². The van der Waals surface area contributed by atoms with Crippen molar-refractivity contribution in [1.29, 1.82) is 0 Å². The lowest BCUT2D eigenvalue weighted by Crippen LogP contribution is -2.42. The zero-order valence-electron chi connectivity index (χ0n) is 8.15. The second kappa shape index (κ2) is 2.85. The SMILES string of the molecule is C=C(C)[C@]1(C)C(N)=CNC[C@@H]1C.